The first-order valence-electron chi connectivity index (χ1n) is 15.5. The van der Waals surface area contributed by atoms with Crippen molar-refractivity contribution >= 4 is 28.5 Å². The number of aryl methyl sites for hydroxylation is 1. The number of rotatable bonds is 5. The van der Waals surface area contributed by atoms with Gasteiger partial charge in [-0.2, -0.15) is 0 Å². The van der Waals surface area contributed by atoms with E-state index < -0.39 is 0 Å². The van der Waals surface area contributed by atoms with Gasteiger partial charge >= 0.3 is 0 Å². The number of terminal acetylenes is 1. The largest absolute Gasteiger partial charge is 0.293 e. The van der Waals surface area contributed by atoms with E-state index in [1.807, 2.05) is 6.08 Å². The molecule has 0 fully saturated rings. The van der Waals surface area contributed by atoms with Gasteiger partial charge < -0.3 is 0 Å². The van der Waals surface area contributed by atoms with Crippen LogP contribution in [0.25, 0.3) is 56.4 Å². The first-order chi connectivity index (χ1) is 21.4. The van der Waals surface area contributed by atoms with Gasteiger partial charge in [0.05, 0.1) is 11.4 Å². The van der Waals surface area contributed by atoms with Crippen molar-refractivity contribution in [3.63, 3.8) is 0 Å². The zero-order chi connectivity index (χ0) is 30.3. The third-order valence-corrected chi connectivity index (χ3v) is 8.86. The lowest BCUT2D eigenvalue weighted by Crippen LogP contribution is -2.17. The maximum atomic E-state index is 5.62. The van der Waals surface area contributed by atoms with Crippen LogP contribution in [0.2, 0.25) is 0 Å². The average molecular weight is 569 g/mol. The molecule has 0 atom stereocenters. The van der Waals surface area contributed by atoms with Crippen LogP contribution in [0.15, 0.2) is 109 Å². The van der Waals surface area contributed by atoms with E-state index in [4.69, 9.17) is 11.4 Å². The predicted molar refractivity (Wildman–Crippen MR) is 187 cm³/mol. The molecule has 1 aromatic heterocycles. The molecule has 0 N–H and O–H groups in total. The molecular formula is C42H36N2. The number of hydrogen-bond donors (Lipinski definition) is 0. The highest BCUT2D eigenvalue weighted by molar-refractivity contribution is 6.10. The van der Waals surface area contributed by atoms with Crippen molar-refractivity contribution in [2.45, 2.75) is 40.0 Å². The summed E-state index contributed by atoms with van der Waals surface area (Å²) in [4.78, 5) is 5.01. The molecule has 1 heterocycles. The molecule has 0 radical (unpaired) electrons. The fourth-order valence-corrected chi connectivity index (χ4v) is 6.82. The summed E-state index contributed by atoms with van der Waals surface area (Å²) in [7, 11) is 0. The van der Waals surface area contributed by atoms with Crippen molar-refractivity contribution in [2.75, 3.05) is 0 Å². The summed E-state index contributed by atoms with van der Waals surface area (Å²) >= 11 is 0. The molecule has 2 nitrogen and oxygen atoms in total. The van der Waals surface area contributed by atoms with Crippen molar-refractivity contribution < 1.29 is 0 Å². The lowest BCUT2D eigenvalue weighted by atomic mass is 9.73. The first kappa shape index (κ1) is 27.7. The molecule has 0 bridgehead atoms. The molecule has 0 spiro atoms. The Hall–Kier alpha value is -5.13. The van der Waals surface area contributed by atoms with Crippen LogP contribution < -0.4 is 0 Å². The van der Waals surface area contributed by atoms with E-state index in [0.717, 1.165) is 47.7 Å². The standard InChI is InChI=1S/C42H36N2/c1-5-6-21-38-29(2)43-41(32-17-11-8-12-18-32)44(38)33-24-22-31(23-25-33)40-35-20-14-13-19-34(35)39(30-15-9-7-10-16-30)36-26-27-42(3,4)28-37(36)40/h1,6-7,9-11,13-27H,8,12,28H2,2-4H3/b21-6-. The van der Waals surface area contributed by atoms with Crippen molar-refractivity contribution in [3.8, 4) is 40.3 Å². The quantitative estimate of drug-likeness (QED) is 0.193. The second-order valence-corrected chi connectivity index (χ2v) is 12.5. The molecule has 2 heteroatoms. The third kappa shape index (κ3) is 4.85. The Morgan fingerprint density at radius 1 is 0.841 bits per heavy atom. The molecule has 214 valence electrons. The van der Waals surface area contributed by atoms with Crippen molar-refractivity contribution in [1.29, 1.82) is 0 Å². The summed E-state index contributed by atoms with van der Waals surface area (Å²) < 4.78 is 2.24. The number of allylic oxidation sites excluding steroid dienone is 6. The van der Waals surface area contributed by atoms with E-state index in [1.54, 1.807) is 6.08 Å². The molecule has 0 saturated heterocycles. The molecular weight excluding hydrogens is 532 g/mol. The van der Waals surface area contributed by atoms with Gasteiger partial charge in [-0.1, -0.05) is 117 Å². The van der Waals surface area contributed by atoms with E-state index in [9.17, 15) is 0 Å². The smallest absolute Gasteiger partial charge is 0.144 e. The lowest BCUT2D eigenvalue weighted by molar-refractivity contribution is 0.476. The number of fused-ring (bicyclic) bond motifs is 2. The molecule has 2 aliphatic rings. The highest BCUT2D eigenvalue weighted by Gasteiger charge is 2.28. The van der Waals surface area contributed by atoms with Gasteiger partial charge in [0.15, 0.2) is 0 Å². The van der Waals surface area contributed by atoms with E-state index in [0.29, 0.717) is 0 Å². The van der Waals surface area contributed by atoms with Crippen LogP contribution in [0.3, 0.4) is 0 Å². The molecule has 44 heavy (non-hydrogen) atoms. The Kier molecular flexibility index (Phi) is 7.03. The summed E-state index contributed by atoms with van der Waals surface area (Å²) in [5, 5.41) is 2.57. The van der Waals surface area contributed by atoms with Gasteiger partial charge in [0, 0.05) is 11.3 Å². The van der Waals surface area contributed by atoms with Crippen molar-refractivity contribution in [1.82, 2.24) is 9.55 Å². The maximum absolute atomic E-state index is 5.62. The molecule has 5 aromatic rings. The number of benzene rings is 4. The Morgan fingerprint density at radius 2 is 1.55 bits per heavy atom. The van der Waals surface area contributed by atoms with Crippen LogP contribution in [0.5, 0.6) is 0 Å². The molecule has 4 aromatic carbocycles. The summed E-state index contributed by atoms with van der Waals surface area (Å²) in [6.45, 7) is 6.72. The van der Waals surface area contributed by atoms with Gasteiger partial charge in [0.1, 0.15) is 5.82 Å². The van der Waals surface area contributed by atoms with E-state index in [-0.39, 0.29) is 5.41 Å². The van der Waals surface area contributed by atoms with Gasteiger partial charge in [-0.3, -0.25) is 4.57 Å². The fourth-order valence-electron chi connectivity index (χ4n) is 6.82. The maximum Gasteiger partial charge on any atom is 0.144 e. The molecule has 0 amide bonds. The lowest BCUT2D eigenvalue weighted by Gasteiger charge is -2.31. The minimum atomic E-state index is 0.0703. The van der Waals surface area contributed by atoms with Crippen LogP contribution in [0.4, 0.5) is 0 Å². The number of hydrogen-bond acceptors (Lipinski definition) is 1. The monoisotopic (exact) mass is 568 g/mol. The summed E-state index contributed by atoms with van der Waals surface area (Å²) in [6, 6.07) is 28.8. The Balaban J connectivity index is 1.44. The van der Waals surface area contributed by atoms with Crippen LogP contribution in [0.1, 0.15) is 55.0 Å². The predicted octanol–water partition coefficient (Wildman–Crippen LogP) is 10.6. The molecule has 7 rings (SSSR count). The second-order valence-electron chi connectivity index (χ2n) is 12.5. The summed E-state index contributed by atoms with van der Waals surface area (Å²) in [6.07, 6.45) is 23.9. The Bertz CT molecular complexity index is 2050. The summed E-state index contributed by atoms with van der Waals surface area (Å²) in [5.41, 5.74) is 12.1. The highest BCUT2D eigenvalue weighted by Crippen LogP contribution is 2.47. The Labute approximate surface area is 260 Å². The van der Waals surface area contributed by atoms with Gasteiger partial charge in [0.25, 0.3) is 0 Å². The number of imidazole rings is 1. The second kappa shape index (κ2) is 11.2. The van der Waals surface area contributed by atoms with Crippen LogP contribution in [-0.4, -0.2) is 9.55 Å². The van der Waals surface area contributed by atoms with Crippen LogP contribution in [-0.2, 0) is 6.42 Å². The normalized spacial score (nSPS) is 15.4. The van der Waals surface area contributed by atoms with E-state index in [1.165, 1.54) is 44.2 Å². The highest BCUT2D eigenvalue weighted by atomic mass is 15.1. The minimum absolute atomic E-state index is 0.0703. The number of nitrogens with zero attached hydrogens (tertiary/aromatic N) is 2. The molecule has 2 aliphatic carbocycles. The topological polar surface area (TPSA) is 17.8 Å². The van der Waals surface area contributed by atoms with Crippen LogP contribution >= 0.6 is 0 Å². The van der Waals surface area contributed by atoms with Gasteiger partial charge in [0.2, 0.25) is 0 Å². The average Bonchev–Trinajstić information content (AvgIpc) is 3.38. The molecule has 0 aliphatic heterocycles. The number of aromatic nitrogens is 2. The van der Waals surface area contributed by atoms with Gasteiger partial charge in [-0.15, -0.1) is 6.42 Å². The molecule has 0 saturated carbocycles. The van der Waals surface area contributed by atoms with E-state index >= 15 is 0 Å². The Morgan fingerprint density at radius 3 is 2.25 bits per heavy atom. The third-order valence-electron chi connectivity index (χ3n) is 8.86. The zero-order valence-electron chi connectivity index (χ0n) is 25.6. The van der Waals surface area contributed by atoms with Crippen molar-refractivity contribution in [2.24, 2.45) is 5.41 Å². The first-order valence-corrected chi connectivity index (χ1v) is 15.5. The molecule has 0 unspecified atom stereocenters. The van der Waals surface area contributed by atoms with Gasteiger partial charge in [-0.25, -0.2) is 4.98 Å². The van der Waals surface area contributed by atoms with Gasteiger partial charge in [-0.05, 0) is 100 Å². The van der Waals surface area contributed by atoms with Crippen molar-refractivity contribution in [3.05, 3.63) is 138 Å². The zero-order valence-corrected chi connectivity index (χ0v) is 25.6. The summed E-state index contributed by atoms with van der Waals surface area (Å²) in [5.74, 6) is 3.60. The SMILES string of the molecule is C#C/C=C\c1c(C)nc(C2=CCCC=C2)n1-c1ccc(-c2c3c(c(-c4ccccc4)c4ccccc24)C=CC(C)(C)C3)cc1. The van der Waals surface area contributed by atoms with E-state index in [2.05, 4.69) is 141 Å². The minimum Gasteiger partial charge on any atom is -0.293 e. The van der Waals surface area contributed by atoms with Crippen LogP contribution in [0, 0.1) is 24.7 Å². The fraction of sp³-hybridized carbons (Fsp3) is 0.167.